The first-order chi connectivity index (χ1) is 14.2. The molecule has 0 spiro atoms. The lowest BCUT2D eigenvalue weighted by Crippen LogP contribution is -2.37. The summed E-state index contributed by atoms with van der Waals surface area (Å²) in [4.78, 5) is 35.6. The maximum atomic E-state index is 12.0. The highest BCUT2D eigenvalue weighted by atomic mass is 16.6. The van der Waals surface area contributed by atoms with Crippen LogP contribution in [-0.2, 0) is 20.9 Å². The van der Waals surface area contributed by atoms with Crippen molar-refractivity contribution in [2.45, 2.75) is 32.9 Å². The number of anilines is 1. The minimum Gasteiger partial charge on any atom is -0.444 e. The summed E-state index contributed by atoms with van der Waals surface area (Å²) in [6.07, 6.45) is 2.56. The number of ether oxygens (including phenoxy) is 1. The lowest BCUT2D eigenvalue weighted by atomic mass is 10.2. The predicted molar refractivity (Wildman–Crippen MR) is 117 cm³/mol. The maximum Gasteiger partial charge on any atom is 0.408 e. The third-order valence-electron chi connectivity index (χ3n) is 3.70. The van der Waals surface area contributed by atoms with Crippen LogP contribution < -0.4 is 16.0 Å². The van der Waals surface area contributed by atoms with Gasteiger partial charge in [0.2, 0.25) is 11.8 Å². The summed E-state index contributed by atoms with van der Waals surface area (Å²) in [5.74, 6) is -0.595. The third-order valence-corrected chi connectivity index (χ3v) is 3.70. The van der Waals surface area contributed by atoms with Gasteiger partial charge in [0.05, 0.1) is 0 Å². The molecule has 0 atom stereocenters. The lowest BCUT2D eigenvalue weighted by Gasteiger charge is -2.19. The molecule has 0 fully saturated rings. The number of alkyl carbamates (subject to hydrolysis) is 1. The Balaban J connectivity index is 1.80. The molecule has 3 amide bonds. The number of rotatable bonds is 7. The SMILES string of the molecule is CC(C)(C)OC(=O)NCC(=O)Nc1cccc(CNC(=O)/C=C/c2ccccc2)c1. The molecule has 0 bridgehead atoms. The summed E-state index contributed by atoms with van der Waals surface area (Å²) < 4.78 is 5.08. The van der Waals surface area contributed by atoms with Crippen molar-refractivity contribution in [2.24, 2.45) is 0 Å². The van der Waals surface area contributed by atoms with E-state index < -0.39 is 11.7 Å². The first-order valence-electron chi connectivity index (χ1n) is 9.58. The number of benzene rings is 2. The van der Waals surface area contributed by atoms with Crippen LogP contribution in [0.25, 0.3) is 6.08 Å². The highest BCUT2D eigenvalue weighted by molar-refractivity contribution is 5.94. The van der Waals surface area contributed by atoms with E-state index in [1.807, 2.05) is 36.4 Å². The summed E-state index contributed by atoms with van der Waals surface area (Å²) in [7, 11) is 0. The van der Waals surface area contributed by atoms with Crippen LogP contribution in [0, 0.1) is 0 Å². The highest BCUT2D eigenvalue weighted by Gasteiger charge is 2.16. The Hall–Kier alpha value is -3.61. The van der Waals surface area contributed by atoms with Crippen LogP contribution in [0.4, 0.5) is 10.5 Å². The summed E-state index contributed by atoms with van der Waals surface area (Å²) in [6, 6.07) is 16.6. The molecule has 3 N–H and O–H groups in total. The largest absolute Gasteiger partial charge is 0.444 e. The van der Waals surface area contributed by atoms with Crippen LogP contribution in [0.15, 0.2) is 60.7 Å². The second-order valence-electron chi connectivity index (χ2n) is 7.57. The Morgan fingerprint density at radius 1 is 0.967 bits per heavy atom. The zero-order valence-corrected chi connectivity index (χ0v) is 17.4. The molecule has 0 aliphatic rings. The molecule has 0 aliphatic carbocycles. The zero-order valence-electron chi connectivity index (χ0n) is 17.4. The molecule has 2 aromatic rings. The number of nitrogens with one attached hydrogen (secondary N) is 3. The van der Waals surface area contributed by atoms with Crippen LogP contribution in [0.2, 0.25) is 0 Å². The Morgan fingerprint density at radius 3 is 2.40 bits per heavy atom. The Bertz CT molecular complexity index is 902. The lowest BCUT2D eigenvalue weighted by molar-refractivity contribution is -0.117. The molecule has 7 heteroatoms. The number of carbonyl (C=O) groups excluding carboxylic acids is 3. The molecule has 0 heterocycles. The van der Waals surface area contributed by atoms with Crippen LogP contribution >= 0.6 is 0 Å². The van der Waals surface area contributed by atoms with Crippen molar-refractivity contribution >= 4 is 29.7 Å². The van der Waals surface area contributed by atoms with E-state index in [1.165, 1.54) is 6.08 Å². The van der Waals surface area contributed by atoms with Crippen LogP contribution in [0.1, 0.15) is 31.9 Å². The van der Waals surface area contributed by atoms with Gasteiger partial charge in [0.25, 0.3) is 0 Å². The van der Waals surface area contributed by atoms with E-state index in [-0.39, 0.29) is 18.4 Å². The van der Waals surface area contributed by atoms with Crippen molar-refractivity contribution < 1.29 is 19.1 Å². The average Bonchev–Trinajstić information content (AvgIpc) is 2.69. The van der Waals surface area contributed by atoms with Gasteiger partial charge in [-0.15, -0.1) is 0 Å². The first-order valence-corrected chi connectivity index (χ1v) is 9.58. The molecule has 0 unspecified atom stereocenters. The van der Waals surface area contributed by atoms with Crippen LogP contribution in [-0.4, -0.2) is 30.1 Å². The van der Waals surface area contributed by atoms with E-state index in [0.717, 1.165) is 11.1 Å². The monoisotopic (exact) mass is 409 g/mol. The summed E-state index contributed by atoms with van der Waals surface area (Å²) >= 11 is 0. The van der Waals surface area contributed by atoms with Crippen LogP contribution in [0.5, 0.6) is 0 Å². The van der Waals surface area contributed by atoms with Gasteiger partial charge in [0, 0.05) is 18.3 Å². The molecular weight excluding hydrogens is 382 g/mol. The van der Waals surface area contributed by atoms with Crippen molar-refractivity contribution in [3.63, 3.8) is 0 Å². The molecule has 0 saturated heterocycles. The van der Waals surface area contributed by atoms with Gasteiger partial charge < -0.3 is 20.7 Å². The zero-order chi connectivity index (χ0) is 22.0. The minimum absolute atomic E-state index is 0.208. The molecule has 0 aliphatic heterocycles. The van der Waals surface area contributed by atoms with Gasteiger partial charge in [0.1, 0.15) is 12.1 Å². The number of hydrogen-bond acceptors (Lipinski definition) is 4. The molecule has 0 aromatic heterocycles. The number of hydrogen-bond donors (Lipinski definition) is 3. The van der Waals surface area contributed by atoms with Gasteiger partial charge in [-0.3, -0.25) is 9.59 Å². The summed E-state index contributed by atoms with van der Waals surface area (Å²) in [6.45, 7) is 5.34. The predicted octanol–water partition coefficient (Wildman–Crippen LogP) is 3.48. The van der Waals surface area contributed by atoms with Gasteiger partial charge >= 0.3 is 6.09 Å². The van der Waals surface area contributed by atoms with Crippen molar-refractivity contribution in [1.82, 2.24) is 10.6 Å². The van der Waals surface area contributed by atoms with Gasteiger partial charge in [-0.1, -0.05) is 42.5 Å². The summed E-state index contributed by atoms with van der Waals surface area (Å²) in [5.41, 5.74) is 1.71. The van der Waals surface area contributed by atoms with E-state index in [4.69, 9.17) is 4.74 Å². The molecule has 2 rings (SSSR count). The second-order valence-corrected chi connectivity index (χ2v) is 7.57. The van der Waals surface area contributed by atoms with E-state index in [0.29, 0.717) is 12.2 Å². The maximum absolute atomic E-state index is 12.0. The first kappa shape index (κ1) is 22.7. The Kier molecular flexibility index (Phi) is 8.17. The smallest absolute Gasteiger partial charge is 0.408 e. The van der Waals surface area contributed by atoms with Gasteiger partial charge in [-0.05, 0) is 50.1 Å². The second kappa shape index (κ2) is 10.8. The number of carbonyl (C=O) groups is 3. The average molecular weight is 409 g/mol. The van der Waals surface area contributed by atoms with Crippen LogP contribution in [0.3, 0.4) is 0 Å². The Labute approximate surface area is 176 Å². The standard InChI is InChI=1S/C23H27N3O4/c1-23(2,3)30-22(29)25-16-21(28)26-19-11-7-10-18(14-19)15-24-20(27)13-12-17-8-5-4-6-9-17/h4-14H,15-16H2,1-3H3,(H,24,27)(H,25,29)(H,26,28)/b13-12+. The fourth-order valence-electron chi connectivity index (χ4n) is 2.42. The normalized spacial score (nSPS) is 11.0. The van der Waals surface area contributed by atoms with E-state index >= 15 is 0 Å². The summed E-state index contributed by atoms with van der Waals surface area (Å²) in [5, 5.41) is 7.90. The molecule has 158 valence electrons. The fraction of sp³-hybridized carbons (Fsp3) is 0.261. The van der Waals surface area contributed by atoms with Crippen molar-refractivity contribution in [2.75, 3.05) is 11.9 Å². The van der Waals surface area contributed by atoms with Crippen molar-refractivity contribution in [3.8, 4) is 0 Å². The van der Waals surface area contributed by atoms with Crippen molar-refractivity contribution in [1.29, 1.82) is 0 Å². The highest BCUT2D eigenvalue weighted by Crippen LogP contribution is 2.11. The molecule has 7 nitrogen and oxygen atoms in total. The van der Waals surface area contributed by atoms with E-state index in [1.54, 1.807) is 45.0 Å². The molecule has 2 aromatic carbocycles. The molecule has 0 saturated carbocycles. The quantitative estimate of drug-likeness (QED) is 0.610. The molecule has 0 radical (unpaired) electrons. The van der Waals surface area contributed by atoms with Gasteiger partial charge in [-0.25, -0.2) is 4.79 Å². The van der Waals surface area contributed by atoms with Gasteiger partial charge in [0.15, 0.2) is 0 Å². The van der Waals surface area contributed by atoms with E-state index in [2.05, 4.69) is 16.0 Å². The minimum atomic E-state index is -0.655. The fourth-order valence-corrected chi connectivity index (χ4v) is 2.42. The molecular formula is C23H27N3O4. The van der Waals surface area contributed by atoms with Gasteiger partial charge in [-0.2, -0.15) is 0 Å². The molecule has 30 heavy (non-hydrogen) atoms. The van der Waals surface area contributed by atoms with Crippen molar-refractivity contribution in [3.05, 3.63) is 71.8 Å². The topological polar surface area (TPSA) is 96.5 Å². The Morgan fingerprint density at radius 2 is 1.70 bits per heavy atom. The number of amides is 3. The van der Waals surface area contributed by atoms with E-state index in [9.17, 15) is 14.4 Å². The third kappa shape index (κ3) is 9.05.